The summed E-state index contributed by atoms with van der Waals surface area (Å²) in [7, 11) is 3.45. The second-order valence-corrected chi connectivity index (χ2v) is 6.11. The molecule has 0 N–H and O–H groups in total. The number of ether oxygens (including phenoxy) is 2. The van der Waals surface area contributed by atoms with Gasteiger partial charge in [-0.15, -0.1) is 0 Å². The number of rotatable bonds is 9. The first-order valence-electron chi connectivity index (χ1n) is 9.49. The summed E-state index contributed by atoms with van der Waals surface area (Å²) < 4.78 is 11.4. The highest BCUT2D eigenvalue weighted by Gasteiger charge is 2.15. The minimum absolute atomic E-state index is 0.864. The standard InChI is InChI=1S/C22H32N2O2/c1-7-23(8-2)17-11-13-19(21(15-17)25-5)20-14-12-18(16-22(20)26-6)24(9-3)10-4/h11-16H,7-10H2,1-6H3. The van der Waals surface area contributed by atoms with Crippen LogP contribution in [0.4, 0.5) is 11.4 Å². The van der Waals surface area contributed by atoms with Gasteiger partial charge in [0.05, 0.1) is 14.2 Å². The SMILES string of the molecule is CCN(CC)c1ccc(-c2ccc(N(CC)CC)cc2OC)c(OC)c1. The molecule has 2 aromatic rings. The van der Waals surface area contributed by atoms with E-state index in [4.69, 9.17) is 9.47 Å². The maximum Gasteiger partial charge on any atom is 0.128 e. The number of methoxy groups -OCH3 is 2. The summed E-state index contributed by atoms with van der Waals surface area (Å²) in [4.78, 5) is 4.63. The molecule has 0 amide bonds. The van der Waals surface area contributed by atoms with Crippen molar-refractivity contribution in [1.29, 1.82) is 0 Å². The molecule has 0 aliphatic rings. The van der Waals surface area contributed by atoms with Gasteiger partial charge in [-0.3, -0.25) is 0 Å². The van der Waals surface area contributed by atoms with Gasteiger partial charge in [0.2, 0.25) is 0 Å². The van der Waals surface area contributed by atoms with Crippen molar-refractivity contribution in [1.82, 2.24) is 0 Å². The Morgan fingerprint density at radius 2 is 0.962 bits per heavy atom. The van der Waals surface area contributed by atoms with Gasteiger partial charge in [-0.05, 0) is 52.0 Å². The van der Waals surface area contributed by atoms with Crippen molar-refractivity contribution in [2.24, 2.45) is 0 Å². The Kier molecular flexibility index (Phi) is 7.19. The monoisotopic (exact) mass is 356 g/mol. The molecule has 0 aromatic heterocycles. The zero-order valence-corrected chi connectivity index (χ0v) is 17.0. The highest BCUT2D eigenvalue weighted by molar-refractivity contribution is 5.80. The fraction of sp³-hybridized carbons (Fsp3) is 0.455. The summed E-state index contributed by atoms with van der Waals surface area (Å²) >= 11 is 0. The highest BCUT2D eigenvalue weighted by Crippen LogP contribution is 2.40. The lowest BCUT2D eigenvalue weighted by atomic mass is 10.0. The Balaban J connectivity index is 2.50. The van der Waals surface area contributed by atoms with Crippen LogP contribution < -0.4 is 19.3 Å². The number of benzene rings is 2. The highest BCUT2D eigenvalue weighted by atomic mass is 16.5. The van der Waals surface area contributed by atoms with Crippen molar-refractivity contribution in [2.75, 3.05) is 50.2 Å². The Bertz CT molecular complexity index is 646. The van der Waals surface area contributed by atoms with Crippen molar-refractivity contribution in [2.45, 2.75) is 27.7 Å². The second kappa shape index (κ2) is 9.37. The first kappa shape index (κ1) is 20.0. The molecule has 4 heteroatoms. The van der Waals surface area contributed by atoms with Crippen molar-refractivity contribution < 1.29 is 9.47 Å². The molecule has 0 radical (unpaired) electrons. The van der Waals surface area contributed by atoms with Crippen LogP contribution in [0.5, 0.6) is 11.5 Å². The van der Waals surface area contributed by atoms with Gasteiger partial charge in [0.15, 0.2) is 0 Å². The van der Waals surface area contributed by atoms with Crippen LogP contribution in [0, 0.1) is 0 Å². The van der Waals surface area contributed by atoms with E-state index in [1.165, 1.54) is 11.4 Å². The molecule has 0 spiro atoms. The molecule has 0 bridgehead atoms. The Labute approximate surface area is 158 Å². The predicted octanol–water partition coefficient (Wildman–Crippen LogP) is 5.06. The molecule has 142 valence electrons. The second-order valence-electron chi connectivity index (χ2n) is 6.11. The topological polar surface area (TPSA) is 24.9 Å². The average molecular weight is 357 g/mol. The van der Waals surface area contributed by atoms with Crippen LogP contribution in [0.2, 0.25) is 0 Å². The molecule has 0 aliphatic heterocycles. The lowest BCUT2D eigenvalue weighted by Gasteiger charge is -2.24. The van der Waals surface area contributed by atoms with E-state index >= 15 is 0 Å². The van der Waals surface area contributed by atoms with E-state index in [-0.39, 0.29) is 0 Å². The molecule has 0 fully saturated rings. The van der Waals surface area contributed by atoms with Crippen LogP contribution in [0.25, 0.3) is 11.1 Å². The molecule has 4 nitrogen and oxygen atoms in total. The maximum atomic E-state index is 5.71. The van der Waals surface area contributed by atoms with Gasteiger partial charge < -0.3 is 19.3 Å². The molecule has 0 atom stereocenters. The van der Waals surface area contributed by atoms with Gasteiger partial charge in [0.1, 0.15) is 11.5 Å². The summed E-state index contributed by atoms with van der Waals surface area (Å²) in [6.07, 6.45) is 0. The largest absolute Gasteiger partial charge is 0.496 e. The van der Waals surface area contributed by atoms with Gasteiger partial charge in [-0.1, -0.05) is 0 Å². The van der Waals surface area contributed by atoms with Crippen LogP contribution in [0.15, 0.2) is 36.4 Å². The molecule has 0 saturated heterocycles. The number of nitrogens with zero attached hydrogens (tertiary/aromatic N) is 2. The van der Waals surface area contributed by atoms with Crippen molar-refractivity contribution in [3.8, 4) is 22.6 Å². The first-order chi connectivity index (χ1) is 12.6. The minimum atomic E-state index is 0.864. The minimum Gasteiger partial charge on any atom is -0.496 e. The third-order valence-corrected chi connectivity index (χ3v) is 4.92. The smallest absolute Gasteiger partial charge is 0.128 e. The predicted molar refractivity (Wildman–Crippen MR) is 112 cm³/mol. The lowest BCUT2D eigenvalue weighted by Crippen LogP contribution is -2.21. The van der Waals surface area contributed by atoms with E-state index in [1.807, 2.05) is 0 Å². The quantitative estimate of drug-likeness (QED) is 0.627. The number of hydrogen-bond donors (Lipinski definition) is 0. The molecule has 2 rings (SSSR count). The number of hydrogen-bond acceptors (Lipinski definition) is 4. The van der Waals surface area contributed by atoms with E-state index in [9.17, 15) is 0 Å². The van der Waals surface area contributed by atoms with E-state index in [2.05, 4.69) is 73.9 Å². The van der Waals surface area contributed by atoms with Crippen molar-refractivity contribution in [3.63, 3.8) is 0 Å². The van der Waals surface area contributed by atoms with Gasteiger partial charge in [-0.2, -0.15) is 0 Å². The van der Waals surface area contributed by atoms with Crippen molar-refractivity contribution >= 4 is 11.4 Å². The van der Waals surface area contributed by atoms with Crippen LogP contribution in [-0.4, -0.2) is 40.4 Å². The summed E-state index contributed by atoms with van der Waals surface area (Å²) in [6, 6.07) is 12.8. The van der Waals surface area contributed by atoms with E-state index in [1.54, 1.807) is 14.2 Å². The van der Waals surface area contributed by atoms with E-state index in [0.717, 1.165) is 48.8 Å². The van der Waals surface area contributed by atoms with Crippen molar-refractivity contribution in [3.05, 3.63) is 36.4 Å². The van der Waals surface area contributed by atoms with E-state index in [0.29, 0.717) is 0 Å². The van der Waals surface area contributed by atoms with E-state index < -0.39 is 0 Å². The molecule has 0 heterocycles. The molecular weight excluding hydrogens is 324 g/mol. The third kappa shape index (κ3) is 4.06. The summed E-state index contributed by atoms with van der Waals surface area (Å²) in [6.45, 7) is 12.6. The first-order valence-corrected chi connectivity index (χ1v) is 9.49. The summed E-state index contributed by atoms with van der Waals surface area (Å²) in [5, 5.41) is 0. The Morgan fingerprint density at radius 3 is 1.23 bits per heavy atom. The van der Waals surface area contributed by atoms with Gasteiger partial charge in [-0.25, -0.2) is 0 Å². The summed E-state index contributed by atoms with van der Waals surface area (Å²) in [5.74, 6) is 1.73. The molecule has 2 aromatic carbocycles. The third-order valence-electron chi connectivity index (χ3n) is 4.92. The summed E-state index contributed by atoms with van der Waals surface area (Å²) in [5.41, 5.74) is 4.45. The maximum absolute atomic E-state index is 5.71. The van der Waals surface area contributed by atoms with Gasteiger partial charge in [0.25, 0.3) is 0 Å². The normalized spacial score (nSPS) is 10.5. The Morgan fingerprint density at radius 1 is 0.615 bits per heavy atom. The molecule has 0 saturated carbocycles. The zero-order chi connectivity index (χ0) is 19.1. The van der Waals surface area contributed by atoms with Crippen LogP contribution in [0.3, 0.4) is 0 Å². The van der Waals surface area contributed by atoms with Gasteiger partial charge in [0, 0.05) is 60.8 Å². The molecular formula is C22H32N2O2. The van der Waals surface area contributed by atoms with Gasteiger partial charge >= 0.3 is 0 Å². The fourth-order valence-corrected chi connectivity index (χ4v) is 3.38. The van der Waals surface area contributed by atoms with Crippen LogP contribution >= 0.6 is 0 Å². The zero-order valence-electron chi connectivity index (χ0n) is 17.0. The average Bonchev–Trinajstić information content (AvgIpc) is 2.69. The number of anilines is 2. The lowest BCUT2D eigenvalue weighted by molar-refractivity contribution is 0.410. The Hall–Kier alpha value is -2.36. The fourth-order valence-electron chi connectivity index (χ4n) is 3.38. The molecule has 0 aliphatic carbocycles. The molecule has 26 heavy (non-hydrogen) atoms. The molecule has 0 unspecified atom stereocenters. The van der Waals surface area contributed by atoms with Crippen LogP contribution in [0.1, 0.15) is 27.7 Å². The van der Waals surface area contributed by atoms with Crippen LogP contribution in [-0.2, 0) is 0 Å².